The van der Waals surface area contributed by atoms with Crippen LogP contribution >= 0.6 is 0 Å². The van der Waals surface area contributed by atoms with E-state index in [0.717, 1.165) is 24.2 Å². The summed E-state index contributed by atoms with van der Waals surface area (Å²) in [6, 6.07) is 15.0. The highest BCUT2D eigenvalue weighted by Gasteiger charge is 2.03. The molecule has 0 aliphatic carbocycles. The van der Waals surface area contributed by atoms with Crippen molar-refractivity contribution >= 4 is 0 Å². The van der Waals surface area contributed by atoms with E-state index in [-0.39, 0.29) is 0 Å². The largest absolute Gasteiger partial charge is 0.508 e. The molecule has 2 aromatic carbocycles. The van der Waals surface area contributed by atoms with E-state index >= 15 is 0 Å². The van der Waals surface area contributed by atoms with Crippen LogP contribution in [0.15, 0.2) is 48.5 Å². The zero-order valence-corrected chi connectivity index (χ0v) is 9.89. The number of rotatable bonds is 4. The normalized spacial score (nSPS) is 10.2. The van der Waals surface area contributed by atoms with Crippen LogP contribution in [0.5, 0.6) is 17.2 Å². The molecule has 88 valence electrons. The van der Waals surface area contributed by atoms with Gasteiger partial charge in [0.1, 0.15) is 17.2 Å². The summed E-state index contributed by atoms with van der Waals surface area (Å²) in [4.78, 5) is 0. The number of para-hydroxylation sites is 1. The van der Waals surface area contributed by atoms with Crippen molar-refractivity contribution in [1.82, 2.24) is 0 Å². The first-order valence-electron chi connectivity index (χ1n) is 5.84. The van der Waals surface area contributed by atoms with Crippen molar-refractivity contribution in [1.29, 1.82) is 0 Å². The number of aryl methyl sites for hydroxylation is 1. The van der Waals surface area contributed by atoms with Gasteiger partial charge in [0.15, 0.2) is 0 Å². The SMILES string of the molecule is CCCc1ccc(Oc2ccccc2)cc1O. The molecule has 17 heavy (non-hydrogen) atoms. The van der Waals surface area contributed by atoms with Gasteiger partial charge in [-0.25, -0.2) is 0 Å². The Morgan fingerprint density at radius 2 is 1.76 bits per heavy atom. The van der Waals surface area contributed by atoms with Gasteiger partial charge in [0.05, 0.1) is 0 Å². The lowest BCUT2D eigenvalue weighted by molar-refractivity contribution is 0.450. The molecule has 0 radical (unpaired) electrons. The van der Waals surface area contributed by atoms with E-state index in [9.17, 15) is 5.11 Å². The maximum atomic E-state index is 9.82. The quantitative estimate of drug-likeness (QED) is 0.852. The number of ether oxygens (including phenoxy) is 1. The van der Waals surface area contributed by atoms with Gasteiger partial charge < -0.3 is 9.84 Å². The third kappa shape index (κ3) is 3.00. The smallest absolute Gasteiger partial charge is 0.131 e. The number of hydrogen-bond donors (Lipinski definition) is 1. The van der Waals surface area contributed by atoms with Gasteiger partial charge in [-0.2, -0.15) is 0 Å². The van der Waals surface area contributed by atoms with Crippen LogP contribution in [0.1, 0.15) is 18.9 Å². The lowest BCUT2D eigenvalue weighted by Gasteiger charge is -2.08. The van der Waals surface area contributed by atoms with Crippen LogP contribution in [-0.4, -0.2) is 5.11 Å². The maximum absolute atomic E-state index is 9.82. The van der Waals surface area contributed by atoms with E-state index in [1.807, 2.05) is 42.5 Å². The third-order valence-electron chi connectivity index (χ3n) is 2.56. The second-order valence-corrected chi connectivity index (χ2v) is 3.96. The van der Waals surface area contributed by atoms with Crippen LogP contribution in [0.2, 0.25) is 0 Å². The Hall–Kier alpha value is -1.96. The molecular formula is C15H16O2. The molecule has 0 amide bonds. The van der Waals surface area contributed by atoms with Crippen molar-refractivity contribution in [2.24, 2.45) is 0 Å². The van der Waals surface area contributed by atoms with Crippen LogP contribution in [0, 0.1) is 0 Å². The van der Waals surface area contributed by atoms with Crippen LogP contribution in [-0.2, 0) is 6.42 Å². The van der Waals surface area contributed by atoms with Gasteiger partial charge in [-0.3, -0.25) is 0 Å². The fourth-order valence-corrected chi connectivity index (χ4v) is 1.71. The van der Waals surface area contributed by atoms with Crippen LogP contribution in [0.4, 0.5) is 0 Å². The minimum atomic E-state index is 0.306. The molecule has 0 unspecified atom stereocenters. The molecule has 0 aliphatic heterocycles. The van der Waals surface area contributed by atoms with Crippen LogP contribution in [0.25, 0.3) is 0 Å². The Labute approximate surface area is 101 Å². The second kappa shape index (κ2) is 5.39. The van der Waals surface area contributed by atoms with Crippen molar-refractivity contribution in [2.45, 2.75) is 19.8 Å². The molecule has 1 N–H and O–H groups in total. The lowest BCUT2D eigenvalue weighted by Crippen LogP contribution is -1.87. The van der Waals surface area contributed by atoms with Gasteiger partial charge in [0.2, 0.25) is 0 Å². The molecule has 0 atom stereocenters. The Morgan fingerprint density at radius 1 is 1.00 bits per heavy atom. The van der Waals surface area contributed by atoms with Crippen molar-refractivity contribution in [3.05, 3.63) is 54.1 Å². The second-order valence-electron chi connectivity index (χ2n) is 3.96. The predicted octanol–water partition coefficient (Wildman–Crippen LogP) is 4.14. The van der Waals surface area contributed by atoms with Gasteiger partial charge in [0, 0.05) is 6.07 Å². The number of phenols is 1. The average Bonchev–Trinajstić information content (AvgIpc) is 2.34. The van der Waals surface area contributed by atoms with E-state index in [0.29, 0.717) is 11.5 Å². The fourth-order valence-electron chi connectivity index (χ4n) is 1.71. The first kappa shape index (κ1) is 11.5. The van der Waals surface area contributed by atoms with Gasteiger partial charge in [-0.1, -0.05) is 37.6 Å². The van der Waals surface area contributed by atoms with Crippen LogP contribution in [0.3, 0.4) is 0 Å². The summed E-state index contributed by atoms with van der Waals surface area (Å²) in [5.41, 5.74) is 0.966. The predicted molar refractivity (Wildman–Crippen MR) is 68.6 cm³/mol. The monoisotopic (exact) mass is 228 g/mol. The Balaban J connectivity index is 2.15. The maximum Gasteiger partial charge on any atom is 0.131 e. The highest BCUT2D eigenvalue weighted by molar-refractivity contribution is 5.41. The summed E-state index contributed by atoms with van der Waals surface area (Å²) in [5.74, 6) is 1.74. The van der Waals surface area contributed by atoms with Gasteiger partial charge in [-0.05, 0) is 30.2 Å². The van der Waals surface area contributed by atoms with Gasteiger partial charge >= 0.3 is 0 Å². The van der Waals surface area contributed by atoms with Crippen molar-refractivity contribution in [2.75, 3.05) is 0 Å². The molecule has 2 heteroatoms. The first-order valence-corrected chi connectivity index (χ1v) is 5.84. The third-order valence-corrected chi connectivity index (χ3v) is 2.56. The molecule has 2 nitrogen and oxygen atoms in total. The fraction of sp³-hybridized carbons (Fsp3) is 0.200. The molecule has 0 saturated heterocycles. The van der Waals surface area contributed by atoms with E-state index < -0.39 is 0 Å². The lowest BCUT2D eigenvalue weighted by atomic mass is 10.1. The van der Waals surface area contributed by atoms with Gasteiger partial charge in [-0.15, -0.1) is 0 Å². The summed E-state index contributed by atoms with van der Waals surface area (Å²) in [6.07, 6.45) is 1.91. The zero-order valence-electron chi connectivity index (χ0n) is 9.89. The summed E-state index contributed by atoms with van der Waals surface area (Å²) in [6.45, 7) is 2.09. The van der Waals surface area contributed by atoms with Gasteiger partial charge in [0.25, 0.3) is 0 Å². The van der Waals surface area contributed by atoms with Crippen molar-refractivity contribution in [3.8, 4) is 17.2 Å². The van der Waals surface area contributed by atoms with E-state index in [2.05, 4.69) is 6.92 Å². The van der Waals surface area contributed by atoms with E-state index in [4.69, 9.17) is 4.74 Å². The van der Waals surface area contributed by atoms with Crippen LogP contribution < -0.4 is 4.74 Å². The number of hydrogen-bond acceptors (Lipinski definition) is 2. The average molecular weight is 228 g/mol. The Morgan fingerprint density at radius 3 is 2.41 bits per heavy atom. The molecule has 0 fully saturated rings. The molecule has 0 spiro atoms. The summed E-state index contributed by atoms with van der Waals surface area (Å²) in [5, 5.41) is 9.82. The number of aromatic hydroxyl groups is 1. The molecule has 0 saturated carbocycles. The van der Waals surface area contributed by atoms with E-state index in [1.165, 1.54) is 0 Å². The minimum absolute atomic E-state index is 0.306. The van der Waals surface area contributed by atoms with E-state index in [1.54, 1.807) is 6.07 Å². The minimum Gasteiger partial charge on any atom is -0.508 e. The molecule has 2 aromatic rings. The van der Waals surface area contributed by atoms with Crippen molar-refractivity contribution < 1.29 is 9.84 Å². The number of benzene rings is 2. The molecule has 2 rings (SSSR count). The standard InChI is InChI=1S/C15H16O2/c1-2-6-12-9-10-14(11-15(12)16)17-13-7-4-3-5-8-13/h3-5,7-11,16H,2,6H2,1H3. The molecule has 0 bridgehead atoms. The molecule has 0 aromatic heterocycles. The molecular weight excluding hydrogens is 212 g/mol. The molecule has 0 heterocycles. The Bertz CT molecular complexity index is 478. The topological polar surface area (TPSA) is 29.5 Å². The summed E-state index contributed by atoms with van der Waals surface area (Å²) >= 11 is 0. The highest BCUT2D eigenvalue weighted by Crippen LogP contribution is 2.28. The Kier molecular flexibility index (Phi) is 3.66. The van der Waals surface area contributed by atoms with Crippen molar-refractivity contribution in [3.63, 3.8) is 0 Å². The molecule has 0 aliphatic rings. The number of phenolic OH excluding ortho intramolecular Hbond substituents is 1. The summed E-state index contributed by atoms with van der Waals surface area (Å²) < 4.78 is 5.63. The first-order chi connectivity index (χ1) is 8.29. The zero-order chi connectivity index (χ0) is 12.1. The highest BCUT2D eigenvalue weighted by atomic mass is 16.5. The summed E-state index contributed by atoms with van der Waals surface area (Å²) in [7, 11) is 0.